The quantitative estimate of drug-likeness (QED) is 0.195. The number of rotatable bonds is 5. The van der Waals surface area contributed by atoms with Crippen molar-refractivity contribution >= 4 is 23.1 Å². The van der Waals surface area contributed by atoms with E-state index >= 15 is 0 Å². The molecule has 0 aliphatic heterocycles. The monoisotopic (exact) mass is 507 g/mol. The van der Waals surface area contributed by atoms with Crippen LogP contribution in [0.3, 0.4) is 0 Å². The Hall–Kier alpha value is -4.44. The van der Waals surface area contributed by atoms with Crippen LogP contribution in [0.25, 0.3) is 11.3 Å². The Morgan fingerprint density at radius 2 is 1.81 bits per heavy atom. The molecule has 4 aromatic rings. The average molecular weight is 508 g/mol. The number of aliphatic hydroxyl groups excluding tert-OH is 1. The molecular weight excluding hydrogens is 483 g/mol. The van der Waals surface area contributed by atoms with Crippen LogP contribution < -0.4 is 11.1 Å². The van der Waals surface area contributed by atoms with Crippen LogP contribution in [0, 0.1) is 0 Å². The predicted octanol–water partition coefficient (Wildman–Crippen LogP) is 5.25. The van der Waals surface area contributed by atoms with Crippen molar-refractivity contribution in [3.63, 3.8) is 0 Å². The lowest BCUT2D eigenvalue weighted by Gasteiger charge is -2.16. The molecule has 0 aliphatic rings. The zero-order valence-corrected chi connectivity index (χ0v) is 20.0. The summed E-state index contributed by atoms with van der Waals surface area (Å²) in [6.45, 7) is 1.59. The van der Waals surface area contributed by atoms with Gasteiger partial charge in [-0.25, -0.2) is 4.99 Å². The third kappa shape index (κ3) is 5.87. The van der Waals surface area contributed by atoms with Gasteiger partial charge in [0.2, 0.25) is 0 Å². The third-order valence-electron chi connectivity index (χ3n) is 5.62. The largest absolute Gasteiger partial charge is 0.417 e. The number of carbonyl (C=O) groups excluding carboxylic acids is 1. The summed E-state index contributed by atoms with van der Waals surface area (Å²) in [5.41, 5.74) is 6.81. The summed E-state index contributed by atoms with van der Waals surface area (Å²) in [6.07, 6.45) is -3.92. The first-order valence-corrected chi connectivity index (χ1v) is 11.3. The Bertz CT molecular complexity index is 1460. The minimum absolute atomic E-state index is 0.0281. The molecule has 3 aromatic carbocycles. The summed E-state index contributed by atoms with van der Waals surface area (Å²) in [5.74, 6) is -0.613. The number of nitrogen functional groups attached to an aromatic ring is 1. The Balaban J connectivity index is 1.78. The van der Waals surface area contributed by atoms with E-state index in [9.17, 15) is 23.1 Å². The number of aliphatic imine (C=N–C) groups is 1. The van der Waals surface area contributed by atoms with Crippen LogP contribution in [0.1, 0.15) is 40.1 Å². The smallest absolute Gasteiger partial charge is 0.398 e. The molecule has 4 N–H and O–H groups in total. The number of nitrogens with one attached hydrogen (secondary N) is 1. The zero-order chi connectivity index (χ0) is 26.7. The van der Waals surface area contributed by atoms with E-state index in [1.165, 1.54) is 16.9 Å². The van der Waals surface area contributed by atoms with Crippen LogP contribution in [-0.2, 0) is 13.2 Å². The number of amidine groups is 1. The molecule has 0 radical (unpaired) electrons. The molecule has 1 heterocycles. The van der Waals surface area contributed by atoms with Crippen molar-refractivity contribution in [1.82, 2.24) is 15.1 Å². The van der Waals surface area contributed by atoms with Crippen molar-refractivity contribution in [1.29, 1.82) is 0 Å². The van der Waals surface area contributed by atoms with E-state index in [1.807, 2.05) is 0 Å². The number of benzene rings is 3. The first kappa shape index (κ1) is 25.6. The fourth-order valence-electron chi connectivity index (χ4n) is 3.71. The molecule has 0 spiro atoms. The molecule has 7 nitrogen and oxygen atoms in total. The van der Waals surface area contributed by atoms with Gasteiger partial charge in [-0.1, -0.05) is 24.3 Å². The molecule has 190 valence electrons. The van der Waals surface area contributed by atoms with Gasteiger partial charge in [0, 0.05) is 35.6 Å². The maximum absolute atomic E-state index is 13.7. The fourth-order valence-corrected chi connectivity index (χ4v) is 3.71. The number of aryl methyl sites for hydroxylation is 1. The number of aliphatic hydroxyl groups is 1. The van der Waals surface area contributed by atoms with Gasteiger partial charge in [-0.3, -0.25) is 9.48 Å². The van der Waals surface area contributed by atoms with Gasteiger partial charge in [0.15, 0.2) is 0 Å². The lowest BCUT2D eigenvalue weighted by atomic mass is 10.00. The third-order valence-corrected chi connectivity index (χ3v) is 5.62. The van der Waals surface area contributed by atoms with Crippen LogP contribution >= 0.6 is 0 Å². The highest BCUT2D eigenvalue weighted by Gasteiger charge is 2.34. The lowest BCUT2D eigenvalue weighted by Crippen LogP contribution is -2.32. The van der Waals surface area contributed by atoms with Crippen LogP contribution in [-0.4, -0.2) is 26.6 Å². The van der Waals surface area contributed by atoms with Crippen molar-refractivity contribution in [3.05, 3.63) is 101 Å². The average Bonchev–Trinajstić information content (AvgIpc) is 3.29. The molecule has 1 amide bonds. The van der Waals surface area contributed by atoms with Crippen LogP contribution in [0.2, 0.25) is 0 Å². The van der Waals surface area contributed by atoms with Crippen molar-refractivity contribution in [2.45, 2.75) is 19.2 Å². The maximum atomic E-state index is 13.7. The highest BCUT2D eigenvalue weighted by molar-refractivity contribution is 6.15. The number of para-hydroxylation sites is 1. The minimum Gasteiger partial charge on any atom is -0.398 e. The first-order valence-electron chi connectivity index (χ1n) is 11.3. The number of amides is 1. The molecule has 1 unspecified atom stereocenters. The van der Waals surface area contributed by atoms with Gasteiger partial charge in [-0.2, -0.15) is 18.3 Å². The fraction of sp³-hybridized carbons (Fsp3) is 0.148. The number of nitrogens with zero attached hydrogens (tertiary/aromatic N) is 3. The summed E-state index contributed by atoms with van der Waals surface area (Å²) in [5, 5.41) is 16.8. The van der Waals surface area contributed by atoms with Crippen molar-refractivity contribution in [3.8, 4) is 11.3 Å². The molecular formula is C27H24F3N5O2. The molecule has 0 saturated carbocycles. The Morgan fingerprint density at radius 1 is 1.08 bits per heavy atom. The van der Waals surface area contributed by atoms with E-state index in [0.717, 1.165) is 18.2 Å². The van der Waals surface area contributed by atoms with Gasteiger partial charge in [-0.15, -0.1) is 0 Å². The Morgan fingerprint density at radius 3 is 2.43 bits per heavy atom. The summed E-state index contributed by atoms with van der Waals surface area (Å²) in [7, 11) is 1.59. The van der Waals surface area contributed by atoms with Crippen LogP contribution in [0.15, 0.2) is 84.0 Å². The van der Waals surface area contributed by atoms with Crippen LogP contribution in [0.4, 0.5) is 24.5 Å². The van der Waals surface area contributed by atoms with Gasteiger partial charge < -0.3 is 16.2 Å². The van der Waals surface area contributed by atoms with Gasteiger partial charge in [0.1, 0.15) is 5.84 Å². The van der Waals surface area contributed by atoms with Crippen molar-refractivity contribution in [2.75, 3.05) is 5.73 Å². The highest BCUT2D eigenvalue weighted by atomic mass is 19.4. The van der Waals surface area contributed by atoms with Gasteiger partial charge in [-0.05, 0) is 61.0 Å². The Labute approximate surface area is 211 Å². The molecule has 1 atom stereocenters. The van der Waals surface area contributed by atoms with E-state index in [2.05, 4.69) is 15.4 Å². The number of aromatic nitrogens is 2. The number of hydrogen-bond donors (Lipinski definition) is 3. The lowest BCUT2D eigenvalue weighted by molar-refractivity contribution is -0.137. The molecule has 0 bridgehead atoms. The first-order chi connectivity index (χ1) is 17.5. The topological polar surface area (TPSA) is 106 Å². The number of alkyl halides is 3. The predicted molar refractivity (Wildman–Crippen MR) is 135 cm³/mol. The molecule has 0 fully saturated rings. The van der Waals surface area contributed by atoms with E-state index in [1.54, 1.807) is 62.5 Å². The second-order valence-electron chi connectivity index (χ2n) is 8.41. The van der Waals surface area contributed by atoms with E-state index in [-0.39, 0.29) is 22.7 Å². The highest BCUT2D eigenvalue weighted by Crippen LogP contribution is 2.37. The van der Waals surface area contributed by atoms with Gasteiger partial charge >= 0.3 is 6.18 Å². The summed E-state index contributed by atoms with van der Waals surface area (Å²) in [6, 6.07) is 18.2. The SMILES string of the molecule is CC(O)c1ccc(N)c(C(=Nc2ccccc2)NC(=O)c2ccc(C(F)(F)F)c(-c3ccn(C)n3)c2)c1. The summed E-state index contributed by atoms with van der Waals surface area (Å²) >= 11 is 0. The second-order valence-corrected chi connectivity index (χ2v) is 8.41. The summed E-state index contributed by atoms with van der Waals surface area (Å²) < 4.78 is 42.5. The maximum Gasteiger partial charge on any atom is 0.417 e. The molecule has 1 aromatic heterocycles. The number of halogens is 3. The molecule has 4 rings (SSSR count). The zero-order valence-electron chi connectivity index (χ0n) is 20.0. The minimum atomic E-state index is -4.64. The van der Waals surface area contributed by atoms with E-state index in [0.29, 0.717) is 22.5 Å². The van der Waals surface area contributed by atoms with Crippen LogP contribution in [0.5, 0.6) is 0 Å². The summed E-state index contributed by atoms with van der Waals surface area (Å²) in [4.78, 5) is 17.8. The number of hydrogen-bond acceptors (Lipinski definition) is 5. The van der Waals surface area contributed by atoms with E-state index < -0.39 is 23.8 Å². The van der Waals surface area contributed by atoms with E-state index in [4.69, 9.17) is 5.73 Å². The number of carbonyl (C=O) groups is 1. The number of anilines is 1. The van der Waals surface area contributed by atoms with Crippen molar-refractivity contribution < 1.29 is 23.1 Å². The molecule has 37 heavy (non-hydrogen) atoms. The Kier molecular flexibility index (Phi) is 7.12. The van der Waals surface area contributed by atoms with Gasteiger partial charge in [0.05, 0.1) is 23.0 Å². The van der Waals surface area contributed by atoms with Crippen molar-refractivity contribution in [2.24, 2.45) is 12.0 Å². The number of nitrogens with two attached hydrogens (primary N) is 1. The normalized spacial score (nSPS) is 12.9. The molecule has 10 heteroatoms. The second kappa shape index (κ2) is 10.3. The van der Waals surface area contributed by atoms with Gasteiger partial charge in [0.25, 0.3) is 5.91 Å². The standard InChI is InChI=1S/C27H24F3N5O2/c1-16(36)17-9-11-23(31)21(14-17)25(32-19-6-4-3-5-7-19)33-26(37)18-8-10-22(27(28,29)30)20(15-18)24-12-13-35(2)34-24/h3-16,36H,31H2,1-2H3,(H,32,33,37). The molecule has 0 saturated heterocycles. The molecule has 0 aliphatic carbocycles.